The van der Waals surface area contributed by atoms with Gasteiger partial charge < -0.3 is 5.32 Å². The maximum Gasteiger partial charge on any atom is 0.252 e. The Morgan fingerprint density at radius 3 is 2.74 bits per heavy atom. The normalized spacial score (nSPS) is 14.5. The van der Waals surface area contributed by atoms with E-state index in [1.165, 1.54) is 10.4 Å². The number of para-hydroxylation sites is 1. The van der Waals surface area contributed by atoms with E-state index < -0.39 is 10.0 Å². The summed E-state index contributed by atoms with van der Waals surface area (Å²) in [6, 6.07) is 13.2. The molecule has 31 heavy (non-hydrogen) atoms. The molecule has 0 saturated carbocycles. The van der Waals surface area contributed by atoms with Gasteiger partial charge in [-0.1, -0.05) is 41.4 Å². The Morgan fingerprint density at radius 2 is 1.94 bits per heavy atom. The molecule has 5 rings (SSSR count). The van der Waals surface area contributed by atoms with Crippen molar-refractivity contribution in [2.45, 2.75) is 17.2 Å². The van der Waals surface area contributed by atoms with E-state index in [0.717, 1.165) is 39.1 Å². The van der Waals surface area contributed by atoms with Crippen LogP contribution in [0.4, 0.5) is 11.5 Å². The van der Waals surface area contributed by atoms with Gasteiger partial charge in [-0.2, -0.15) is 4.31 Å². The summed E-state index contributed by atoms with van der Waals surface area (Å²) in [7, 11) is -3.67. The third-order valence-electron chi connectivity index (χ3n) is 5.18. The summed E-state index contributed by atoms with van der Waals surface area (Å²) >= 11 is 12.9. The third-order valence-corrected chi connectivity index (χ3v) is 9.34. The molecular formula is C21H16Cl2N4O2S2. The molecule has 4 heterocycles. The fraction of sp³-hybridized carbons (Fsp3) is 0.143. The first-order valence-corrected chi connectivity index (χ1v) is 12.5. The molecule has 0 aliphatic carbocycles. The number of pyridine rings is 2. The van der Waals surface area contributed by atoms with Gasteiger partial charge in [0.1, 0.15) is 14.4 Å². The molecule has 1 aromatic carbocycles. The van der Waals surface area contributed by atoms with Crippen LogP contribution in [0.2, 0.25) is 9.36 Å². The highest BCUT2D eigenvalue weighted by atomic mass is 35.5. The summed E-state index contributed by atoms with van der Waals surface area (Å²) in [4.78, 5) is 8.97. The van der Waals surface area contributed by atoms with E-state index in [1.54, 1.807) is 12.4 Å². The van der Waals surface area contributed by atoms with Crippen LogP contribution in [0.5, 0.6) is 0 Å². The second kappa shape index (κ2) is 8.03. The summed E-state index contributed by atoms with van der Waals surface area (Å²) in [5.41, 5.74) is 3.67. The van der Waals surface area contributed by atoms with Crippen LogP contribution >= 0.6 is 34.5 Å². The molecule has 0 bridgehead atoms. The minimum Gasteiger partial charge on any atom is -0.339 e. The number of benzene rings is 1. The highest BCUT2D eigenvalue weighted by Gasteiger charge is 2.31. The molecule has 158 valence electrons. The van der Waals surface area contributed by atoms with Gasteiger partial charge in [0.25, 0.3) is 10.0 Å². The van der Waals surface area contributed by atoms with Gasteiger partial charge in [-0.05, 0) is 36.2 Å². The molecule has 0 saturated heterocycles. The molecule has 3 aromatic heterocycles. The summed E-state index contributed by atoms with van der Waals surface area (Å²) in [6.45, 7) is 0.608. The van der Waals surface area contributed by atoms with Crippen LogP contribution in [0.1, 0.15) is 11.1 Å². The standard InChI is InChI=1S/C21H16Cl2N4O2S2/c22-17-10-19(30-20(17)23)31(28,29)27-8-6-16-14(12-27)5-7-24-21(16)26-15-9-13-3-1-2-4-18(13)25-11-15/h1-5,7,9-11H,6,8,12H2,(H,24,26). The van der Waals surface area contributed by atoms with Crippen molar-refractivity contribution in [2.75, 3.05) is 11.9 Å². The fourth-order valence-corrected chi connectivity index (χ4v) is 7.09. The van der Waals surface area contributed by atoms with E-state index >= 15 is 0 Å². The topological polar surface area (TPSA) is 75.2 Å². The third kappa shape index (κ3) is 3.90. The molecule has 6 nitrogen and oxygen atoms in total. The summed E-state index contributed by atoms with van der Waals surface area (Å²) < 4.78 is 28.0. The Bertz CT molecular complexity index is 1390. The van der Waals surface area contributed by atoms with E-state index in [0.29, 0.717) is 18.8 Å². The minimum atomic E-state index is -3.67. The first-order valence-electron chi connectivity index (χ1n) is 9.45. The molecule has 4 aromatic rings. The molecule has 0 fully saturated rings. The van der Waals surface area contributed by atoms with Gasteiger partial charge in [0.05, 0.1) is 22.4 Å². The first-order chi connectivity index (χ1) is 14.9. The van der Waals surface area contributed by atoms with E-state index in [2.05, 4.69) is 15.3 Å². The number of aromatic nitrogens is 2. The van der Waals surface area contributed by atoms with Crippen molar-refractivity contribution in [3.8, 4) is 0 Å². The summed E-state index contributed by atoms with van der Waals surface area (Å²) in [5, 5.41) is 4.63. The maximum absolute atomic E-state index is 13.0. The van der Waals surface area contributed by atoms with E-state index in [4.69, 9.17) is 23.2 Å². The smallest absolute Gasteiger partial charge is 0.252 e. The largest absolute Gasteiger partial charge is 0.339 e. The lowest BCUT2D eigenvalue weighted by Crippen LogP contribution is -2.36. The van der Waals surface area contributed by atoms with Gasteiger partial charge in [-0.15, -0.1) is 11.3 Å². The molecule has 10 heteroatoms. The molecule has 0 radical (unpaired) electrons. The zero-order valence-corrected chi connectivity index (χ0v) is 19.2. The molecule has 1 N–H and O–H groups in total. The van der Waals surface area contributed by atoms with Gasteiger partial charge in [0, 0.05) is 30.2 Å². The second-order valence-corrected chi connectivity index (χ2v) is 11.3. The highest BCUT2D eigenvalue weighted by molar-refractivity contribution is 7.91. The number of anilines is 2. The lowest BCUT2D eigenvalue weighted by molar-refractivity contribution is 0.392. The van der Waals surface area contributed by atoms with E-state index in [1.807, 2.05) is 36.4 Å². The zero-order chi connectivity index (χ0) is 21.6. The molecule has 1 aliphatic heterocycles. The average Bonchev–Trinajstić information content (AvgIpc) is 3.12. The van der Waals surface area contributed by atoms with Crippen LogP contribution < -0.4 is 5.32 Å². The SMILES string of the molecule is O=S(=O)(c1cc(Cl)c(Cl)s1)N1CCc2c(ccnc2Nc2cnc3ccccc3c2)C1. The van der Waals surface area contributed by atoms with Crippen LogP contribution in [-0.4, -0.2) is 29.2 Å². The Balaban J connectivity index is 1.42. The number of nitrogens with one attached hydrogen (secondary N) is 1. The molecule has 0 atom stereocenters. The quantitative estimate of drug-likeness (QED) is 0.409. The molecule has 1 aliphatic rings. The number of sulfonamides is 1. The van der Waals surface area contributed by atoms with Crippen molar-refractivity contribution < 1.29 is 8.42 Å². The Hall–Kier alpha value is -2.23. The molecular weight excluding hydrogens is 475 g/mol. The second-order valence-electron chi connectivity index (χ2n) is 7.11. The number of fused-ring (bicyclic) bond motifs is 2. The van der Waals surface area contributed by atoms with Crippen LogP contribution in [0.15, 0.2) is 59.1 Å². The van der Waals surface area contributed by atoms with Crippen LogP contribution in [0, 0.1) is 0 Å². The predicted octanol–water partition coefficient (Wildman–Crippen LogP) is 5.49. The van der Waals surface area contributed by atoms with Gasteiger partial charge in [0.15, 0.2) is 0 Å². The number of rotatable bonds is 4. The number of hydrogen-bond donors (Lipinski definition) is 1. The van der Waals surface area contributed by atoms with Crippen molar-refractivity contribution >= 4 is 67.0 Å². The zero-order valence-electron chi connectivity index (χ0n) is 16.0. The number of thiophene rings is 1. The van der Waals surface area contributed by atoms with Crippen molar-refractivity contribution in [1.29, 1.82) is 0 Å². The van der Waals surface area contributed by atoms with Crippen molar-refractivity contribution in [2.24, 2.45) is 0 Å². The maximum atomic E-state index is 13.0. The lowest BCUT2D eigenvalue weighted by Gasteiger charge is -2.28. The van der Waals surface area contributed by atoms with Gasteiger partial charge >= 0.3 is 0 Å². The van der Waals surface area contributed by atoms with Crippen LogP contribution in [-0.2, 0) is 23.0 Å². The summed E-state index contributed by atoms with van der Waals surface area (Å²) in [6.07, 6.45) is 4.00. The fourth-order valence-electron chi connectivity index (χ4n) is 3.64. The van der Waals surface area contributed by atoms with Gasteiger partial charge in [0.2, 0.25) is 0 Å². The minimum absolute atomic E-state index is 0.153. The lowest BCUT2D eigenvalue weighted by atomic mass is 10.0. The first kappa shape index (κ1) is 20.7. The van der Waals surface area contributed by atoms with Crippen molar-refractivity contribution in [1.82, 2.24) is 14.3 Å². The van der Waals surface area contributed by atoms with E-state index in [9.17, 15) is 8.42 Å². The Kier molecular flexibility index (Phi) is 5.35. The average molecular weight is 491 g/mol. The van der Waals surface area contributed by atoms with Crippen LogP contribution in [0.3, 0.4) is 0 Å². The van der Waals surface area contributed by atoms with Crippen LogP contribution in [0.25, 0.3) is 10.9 Å². The molecule has 0 unspecified atom stereocenters. The van der Waals surface area contributed by atoms with Gasteiger partial charge in [-0.3, -0.25) is 4.98 Å². The van der Waals surface area contributed by atoms with Crippen molar-refractivity contribution in [3.05, 3.63) is 75.3 Å². The van der Waals surface area contributed by atoms with E-state index in [-0.39, 0.29) is 20.1 Å². The van der Waals surface area contributed by atoms with Crippen molar-refractivity contribution in [3.63, 3.8) is 0 Å². The number of halogens is 2. The predicted molar refractivity (Wildman–Crippen MR) is 125 cm³/mol. The molecule has 0 spiro atoms. The summed E-state index contributed by atoms with van der Waals surface area (Å²) in [5.74, 6) is 0.717. The monoisotopic (exact) mass is 490 g/mol. The Morgan fingerprint density at radius 1 is 1.10 bits per heavy atom. The number of nitrogens with zero attached hydrogens (tertiary/aromatic N) is 3. The Labute approximate surface area is 193 Å². The van der Waals surface area contributed by atoms with Gasteiger partial charge in [-0.25, -0.2) is 13.4 Å². The molecule has 0 amide bonds. The highest BCUT2D eigenvalue weighted by Crippen LogP contribution is 2.37. The number of hydrogen-bond acceptors (Lipinski definition) is 6.